The Morgan fingerprint density at radius 1 is 1.14 bits per heavy atom. The van der Waals surface area contributed by atoms with Gasteiger partial charge in [0.2, 0.25) is 5.91 Å². The SMILES string of the molecule is CCN(Cc1cccc(NCc2cccc(F)c2)c1)C(C)=O. The predicted molar refractivity (Wildman–Crippen MR) is 86.9 cm³/mol. The fourth-order valence-corrected chi connectivity index (χ4v) is 2.30. The van der Waals surface area contributed by atoms with Crippen molar-refractivity contribution in [3.8, 4) is 0 Å². The fourth-order valence-electron chi connectivity index (χ4n) is 2.30. The number of rotatable bonds is 6. The molecule has 0 aliphatic carbocycles. The molecule has 0 atom stereocenters. The Morgan fingerprint density at radius 2 is 1.86 bits per heavy atom. The first-order valence-electron chi connectivity index (χ1n) is 7.41. The predicted octanol–water partition coefficient (Wildman–Crippen LogP) is 3.81. The van der Waals surface area contributed by atoms with Crippen LogP contribution in [0.1, 0.15) is 25.0 Å². The number of benzene rings is 2. The lowest BCUT2D eigenvalue weighted by atomic mass is 10.1. The number of hydrogen-bond acceptors (Lipinski definition) is 2. The van der Waals surface area contributed by atoms with Crippen LogP contribution in [0.5, 0.6) is 0 Å². The summed E-state index contributed by atoms with van der Waals surface area (Å²) in [7, 11) is 0. The third kappa shape index (κ3) is 4.58. The molecule has 22 heavy (non-hydrogen) atoms. The van der Waals surface area contributed by atoms with Crippen LogP contribution in [0.4, 0.5) is 10.1 Å². The van der Waals surface area contributed by atoms with Crippen molar-refractivity contribution in [3.05, 3.63) is 65.5 Å². The summed E-state index contributed by atoms with van der Waals surface area (Å²) in [5.41, 5.74) is 2.92. The van der Waals surface area contributed by atoms with Crippen LogP contribution in [0.15, 0.2) is 48.5 Å². The van der Waals surface area contributed by atoms with Crippen molar-refractivity contribution >= 4 is 11.6 Å². The highest BCUT2D eigenvalue weighted by Crippen LogP contribution is 2.14. The van der Waals surface area contributed by atoms with Crippen molar-refractivity contribution in [1.29, 1.82) is 0 Å². The molecule has 116 valence electrons. The van der Waals surface area contributed by atoms with Gasteiger partial charge in [-0.1, -0.05) is 24.3 Å². The average molecular weight is 300 g/mol. The first-order chi connectivity index (χ1) is 10.6. The maximum atomic E-state index is 13.1. The second kappa shape index (κ2) is 7.59. The van der Waals surface area contributed by atoms with E-state index in [9.17, 15) is 9.18 Å². The van der Waals surface area contributed by atoms with Crippen LogP contribution in [0.3, 0.4) is 0 Å². The molecule has 0 aliphatic rings. The molecule has 0 saturated carbocycles. The first-order valence-corrected chi connectivity index (χ1v) is 7.41. The number of carbonyl (C=O) groups is 1. The van der Waals surface area contributed by atoms with Gasteiger partial charge in [-0.25, -0.2) is 4.39 Å². The lowest BCUT2D eigenvalue weighted by Crippen LogP contribution is -2.27. The minimum atomic E-state index is -0.229. The van der Waals surface area contributed by atoms with Gasteiger partial charge >= 0.3 is 0 Å². The van der Waals surface area contributed by atoms with Gasteiger partial charge in [0.25, 0.3) is 0 Å². The van der Waals surface area contributed by atoms with Crippen LogP contribution in [-0.2, 0) is 17.9 Å². The molecule has 0 radical (unpaired) electrons. The molecule has 0 bridgehead atoms. The second-order valence-electron chi connectivity index (χ2n) is 5.22. The number of nitrogens with zero attached hydrogens (tertiary/aromatic N) is 1. The summed E-state index contributed by atoms with van der Waals surface area (Å²) < 4.78 is 13.1. The largest absolute Gasteiger partial charge is 0.381 e. The van der Waals surface area contributed by atoms with E-state index in [2.05, 4.69) is 5.32 Å². The molecule has 1 N–H and O–H groups in total. The lowest BCUT2D eigenvalue weighted by Gasteiger charge is -2.19. The number of amides is 1. The van der Waals surface area contributed by atoms with E-state index in [0.29, 0.717) is 19.6 Å². The van der Waals surface area contributed by atoms with E-state index < -0.39 is 0 Å². The van der Waals surface area contributed by atoms with Crippen LogP contribution in [-0.4, -0.2) is 17.4 Å². The van der Waals surface area contributed by atoms with E-state index in [1.165, 1.54) is 12.1 Å². The Hall–Kier alpha value is -2.36. The zero-order valence-corrected chi connectivity index (χ0v) is 13.0. The highest BCUT2D eigenvalue weighted by Gasteiger charge is 2.07. The molecule has 0 heterocycles. The molecule has 2 aromatic rings. The Labute approximate surface area is 130 Å². The van der Waals surface area contributed by atoms with Crippen molar-refractivity contribution in [2.75, 3.05) is 11.9 Å². The highest BCUT2D eigenvalue weighted by molar-refractivity contribution is 5.73. The summed E-state index contributed by atoms with van der Waals surface area (Å²) in [6, 6.07) is 14.5. The van der Waals surface area contributed by atoms with E-state index >= 15 is 0 Å². The van der Waals surface area contributed by atoms with E-state index in [1.807, 2.05) is 37.3 Å². The van der Waals surface area contributed by atoms with E-state index in [4.69, 9.17) is 0 Å². The summed E-state index contributed by atoms with van der Waals surface area (Å²) >= 11 is 0. The van der Waals surface area contributed by atoms with E-state index in [-0.39, 0.29) is 11.7 Å². The van der Waals surface area contributed by atoms with Crippen LogP contribution in [0.2, 0.25) is 0 Å². The molecule has 0 unspecified atom stereocenters. The highest BCUT2D eigenvalue weighted by atomic mass is 19.1. The number of nitrogens with one attached hydrogen (secondary N) is 1. The van der Waals surface area contributed by atoms with Crippen molar-refractivity contribution in [1.82, 2.24) is 4.90 Å². The van der Waals surface area contributed by atoms with Crippen LogP contribution in [0, 0.1) is 5.82 Å². The van der Waals surface area contributed by atoms with Crippen molar-refractivity contribution < 1.29 is 9.18 Å². The summed E-state index contributed by atoms with van der Waals surface area (Å²) in [6.45, 7) is 5.39. The zero-order chi connectivity index (χ0) is 15.9. The number of halogens is 1. The molecule has 3 nitrogen and oxygen atoms in total. The van der Waals surface area contributed by atoms with Crippen LogP contribution in [0.25, 0.3) is 0 Å². The average Bonchev–Trinajstić information content (AvgIpc) is 2.51. The maximum Gasteiger partial charge on any atom is 0.219 e. The molecular formula is C18H21FN2O. The molecule has 0 spiro atoms. The van der Waals surface area contributed by atoms with Gasteiger partial charge in [-0.3, -0.25) is 4.79 Å². The molecule has 2 aromatic carbocycles. The summed E-state index contributed by atoms with van der Waals surface area (Å²) in [4.78, 5) is 13.3. The van der Waals surface area contributed by atoms with Gasteiger partial charge in [-0.15, -0.1) is 0 Å². The molecule has 0 saturated heterocycles. The minimum absolute atomic E-state index is 0.0700. The molecule has 4 heteroatoms. The van der Waals surface area contributed by atoms with Gasteiger partial charge in [0, 0.05) is 32.2 Å². The maximum absolute atomic E-state index is 13.1. The quantitative estimate of drug-likeness (QED) is 0.880. The molecular weight excluding hydrogens is 279 g/mol. The van der Waals surface area contributed by atoms with Gasteiger partial charge in [0.1, 0.15) is 5.82 Å². The van der Waals surface area contributed by atoms with Crippen molar-refractivity contribution in [3.63, 3.8) is 0 Å². The van der Waals surface area contributed by atoms with Crippen molar-refractivity contribution in [2.45, 2.75) is 26.9 Å². The molecule has 0 fully saturated rings. The topological polar surface area (TPSA) is 32.3 Å². The molecule has 0 aliphatic heterocycles. The van der Waals surface area contributed by atoms with E-state index in [0.717, 1.165) is 16.8 Å². The Kier molecular flexibility index (Phi) is 5.53. The van der Waals surface area contributed by atoms with Gasteiger partial charge < -0.3 is 10.2 Å². The van der Waals surface area contributed by atoms with Gasteiger partial charge in [-0.2, -0.15) is 0 Å². The standard InChI is InChI=1S/C18H21FN2O/c1-3-21(14(2)22)13-16-7-5-9-18(11-16)20-12-15-6-4-8-17(19)10-15/h4-11,20H,3,12-13H2,1-2H3. The molecule has 2 rings (SSSR count). The van der Waals surface area contributed by atoms with Crippen LogP contribution < -0.4 is 5.32 Å². The van der Waals surface area contributed by atoms with Gasteiger partial charge in [0.05, 0.1) is 0 Å². The Bertz CT molecular complexity index is 642. The Morgan fingerprint density at radius 3 is 2.55 bits per heavy atom. The summed E-state index contributed by atoms with van der Waals surface area (Å²) in [5, 5.41) is 3.28. The lowest BCUT2D eigenvalue weighted by molar-refractivity contribution is -0.129. The number of carbonyl (C=O) groups excluding carboxylic acids is 1. The monoisotopic (exact) mass is 300 g/mol. The first kappa shape index (κ1) is 16.0. The normalized spacial score (nSPS) is 10.3. The summed E-state index contributed by atoms with van der Waals surface area (Å²) in [5.74, 6) is -0.159. The summed E-state index contributed by atoms with van der Waals surface area (Å²) in [6.07, 6.45) is 0. The van der Waals surface area contributed by atoms with Gasteiger partial charge in [-0.05, 0) is 42.3 Å². The minimum Gasteiger partial charge on any atom is -0.381 e. The third-order valence-electron chi connectivity index (χ3n) is 3.51. The number of anilines is 1. The Balaban J connectivity index is 2.00. The smallest absolute Gasteiger partial charge is 0.219 e. The molecule has 1 amide bonds. The second-order valence-corrected chi connectivity index (χ2v) is 5.22. The third-order valence-corrected chi connectivity index (χ3v) is 3.51. The van der Waals surface area contributed by atoms with Crippen molar-refractivity contribution in [2.24, 2.45) is 0 Å². The number of hydrogen-bond donors (Lipinski definition) is 1. The molecule has 0 aromatic heterocycles. The van der Waals surface area contributed by atoms with Gasteiger partial charge in [0.15, 0.2) is 0 Å². The van der Waals surface area contributed by atoms with Crippen LogP contribution >= 0.6 is 0 Å². The van der Waals surface area contributed by atoms with E-state index in [1.54, 1.807) is 17.9 Å². The fraction of sp³-hybridized carbons (Fsp3) is 0.278. The zero-order valence-electron chi connectivity index (χ0n) is 13.0.